The van der Waals surface area contributed by atoms with Crippen molar-refractivity contribution < 1.29 is 14.3 Å². The summed E-state index contributed by atoms with van der Waals surface area (Å²) in [5.74, 6) is 1.17. The van der Waals surface area contributed by atoms with Crippen molar-refractivity contribution in [3.63, 3.8) is 0 Å². The van der Waals surface area contributed by atoms with E-state index in [1.54, 1.807) is 32.2 Å². The van der Waals surface area contributed by atoms with Crippen LogP contribution in [0, 0.1) is 0 Å². The number of hydrogen-bond donors (Lipinski definition) is 1. The second kappa shape index (κ2) is 10.3. The molecule has 2 amide bonds. The number of fused-ring (bicyclic) bond motifs is 4. The van der Waals surface area contributed by atoms with Crippen LogP contribution in [-0.2, 0) is 58.6 Å². The molecule has 4 aromatic rings. The van der Waals surface area contributed by atoms with Crippen LogP contribution in [0.3, 0.4) is 0 Å². The highest BCUT2D eigenvalue weighted by molar-refractivity contribution is 6.09. The Balaban J connectivity index is 1.21. The standard InChI is InChI=1S/C31H33N7O5/c1-35-24-16-19(5-8-22(24)31(11-12-31)29(35)41)9-14-36-25(10-15-38-30(42)37-13-3-4-26(37)34-38)33-23-17-20(32-27(39)18-43-2)6-7-21(23)28(36)40/h5-8,16-17H,3-4,9-15,18H2,1-2H3,(H,32,39). The lowest BCUT2D eigenvalue weighted by Gasteiger charge is -2.15. The summed E-state index contributed by atoms with van der Waals surface area (Å²) in [5, 5.41) is 7.69. The van der Waals surface area contributed by atoms with E-state index in [0.29, 0.717) is 48.3 Å². The van der Waals surface area contributed by atoms with Gasteiger partial charge in [0.2, 0.25) is 11.8 Å². The normalized spacial score (nSPS) is 16.2. The fraction of sp³-hybridized carbons (Fsp3) is 0.419. The average Bonchev–Trinajstić information content (AvgIpc) is 3.51. The number of carbonyl (C=O) groups excluding carboxylic acids is 2. The second-order valence-corrected chi connectivity index (χ2v) is 11.7. The fourth-order valence-electron chi connectivity index (χ4n) is 6.55. The molecule has 3 aliphatic rings. The molecule has 4 heterocycles. The van der Waals surface area contributed by atoms with Crippen molar-refractivity contribution in [1.29, 1.82) is 0 Å². The van der Waals surface area contributed by atoms with Crippen LogP contribution in [-0.4, -0.2) is 56.5 Å². The number of aryl methyl sites for hydroxylation is 4. The third-order valence-electron chi connectivity index (χ3n) is 8.95. The topological polar surface area (TPSA) is 133 Å². The number of nitrogens with one attached hydrogen (secondary N) is 1. The molecular weight excluding hydrogens is 550 g/mol. The molecule has 0 saturated heterocycles. The molecule has 0 radical (unpaired) electrons. The molecule has 1 N–H and O–H groups in total. The van der Waals surface area contributed by atoms with E-state index in [0.717, 1.165) is 48.3 Å². The Morgan fingerprint density at radius 3 is 2.67 bits per heavy atom. The number of nitrogens with zero attached hydrogens (tertiary/aromatic N) is 6. The molecule has 1 fully saturated rings. The summed E-state index contributed by atoms with van der Waals surface area (Å²) < 4.78 is 9.73. The lowest BCUT2D eigenvalue weighted by atomic mass is 9.96. The van der Waals surface area contributed by atoms with Gasteiger partial charge in [0.05, 0.1) is 22.9 Å². The number of anilines is 2. The number of benzene rings is 2. The van der Waals surface area contributed by atoms with Gasteiger partial charge in [-0.2, -0.15) is 5.10 Å². The van der Waals surface area contributed by atoms with E-state index in [1.807, 2.05) is 13.1 Å². The van der Waals surface area contributed by atoms with Gasteiger partial charge in [0.15, 0.2) is 0 Å². The minimum atomic E-state index is -0.331. The predicted octanol–water partition coefficient (Wildman–Crippen LogP) is 1.78. The van der Waals surface area contributed by atoms with E-state index >= 15 is 0 Å². The van der Waals surface area contributed by atoms with Crippen LogP contribution < -0.4 is 21.5 Å². The molecule has 222 valence electrons. The molecule has 12 heteroatoms. The fourth-order valence-corrected chi connectivity index (χ4v) is 6.55. The van der Waals surface area contributed by atoms with Gasteiger partial charge in [-0.05, 0) is 61.1 Å². The Kier molecular flexibility index (Phi) is 6.53. The zero-order valence-corrected chi connectivity index (χ0v) is 24.3. The van der Waals surface area contributed by atoms with Gasteiger partial charge in [-0.1, -0.05) is 12.1 Å². The largest absolute Gasteiger partial charge is 0.375 e. The van der Waals surface area contributed by atoms with Crippen LogP contribution in [0.4, 0.5) is 11.4 Å². The van der Waals surface area contributed by atoms with Gasteiger partial charge in [-0.15, -0.1) is 0 Å². The van der Waals surface area contributed by atoms with Crippen molar-refractivity contribution in [3.8, 4) is 0 Å². The lowest BCUT2D eigenvalue weighted by Crippen LogP contribution is -2.29. The van der Waals surface area contributed by atoms with Gasteiger partial charge in [0, 0.05) is 51.5 Å². The highest BCUT2D eigenvalue weighted by atomic mass is 16.5. The maximum Gasteiger partial charge on any atom is 0.345 e. The van der Waals surface area contributed by atoms with Crippen molar-refractivity contribution in [2.24, 2.45) is 0 Å². The quantitative estimate of drug-likeness (QED) is 0.318. The van der Waals surface area contributed by atoms with Crippen LogP contribution in [0.15, 0.2) is 46.0 Å². The molecule has 2 aliphatic heterocycles. The lowest BCUT2D eigenvalue weighted by molar-refractivity contribution is -0.120. The van der Waals surface area contributed by atoms with Crippen LogP contribution in [0.25, 0.3) is 10.9 Å². The highest BCUT2D eigenvalue weighted by Crippen LogP contribution is 2.57. The van der Waals surface area contributed by atoms with E-state index in [1.165, 1.54) is 11.8 Å². The number of aromatic nitrogens is 5. The molecule has 1 aliphatic carbocycles. The first-order valence-corrected chi connectivity index (χ1v) is 14.7. The molecule has 2 aromatic heterocycles. The first-order chi connectivity index (χ1) is 20.8. The summed E-state index contributed by atoms with van der Waals surface area (Å²) in [5.41, 5.74) is 3.36. The third kappa shape index (κ3) is 4.56. The molecule has 0 bridgehead atoms. The van der Waals surface area contributed by atoms with Crippen molar-refractivity contribution in [3.05, 3.63) is 80.0 Å². The summed E-state index contributed by atoms with van der Waals surface area (Å²) in [4.78, 5) is 58.2. The van der Waals surface area contributed by atoms with Gasteiger partial charge >= 0.3 is 5.69 Å². The number of rotatable bonds is 9. The third-order valence-corrected chi connectivity index (χ3v) is 8.95. The van der Waals surface area contributed by atoms with Gasteiger partial charge < -0.3 is 15.0 Å². The number of ether oxygens (including phenoxy) is 1. The maximum atomic E-state index is 13.8. The molecule has 12 nitrogen and oxygen atoms in total. The Labute approximate surface area is 246 Å². The highest BCUT2D eigenvalue weighted by Gasteiger charge is 2.58. The molecule has 0 unspecified atom stereocenters. The van der Waals surface area contributed by atoms with Crippen LogP contribution in [0.5, 0.6) is 0 Å². The first kappa shape index (κ1) is 27.3. The minimum Gasteiger partial charge on any atom is -0.375 e. The van der Waals surface area contributed by atoms with Gasteiger partial charge in [-0.3, -0.25) is 23.5 Å². The number of carbonyl (C=O) groups is 2. The Hall–Kier alpha value is -4.58. The summed E-state index contributed by atoms with van der Waals surface area (Å²) in [6.45, 7) is 1.25. The second-order valence-electron chi connectivity index (χ2n) is 11.7. The van der Waals surface area contributed by atoms with Crippen LogP contribution in [0.1, 0.15) is 42.0 Å². The van der Waals surface area contributed by atoms with Crippen molar-refractivity contribution in [2.45, 2.75) is 63.6 Å². The Morgan fingerprint density at radius 2 is 1.91 bits per heavy atom. The Morgan fingerprint density at radius 1 is 1.07 bits per heavy atom. The maximum absolute atomic E-state index is 13.8. The summed E-state index contributed by atoms with van der Waals surface area (Å²) in [6, 6.07) is 11.2. The van der Waals surface area contributed by atoms with Crippen LogP contribution >= 0.6 is 0 Å². The molecule has 43 heavy (non-hydrogen) atoms. The van der Waals surface area contributed by atoms with Gasteiger partial charge in [0.1, 0.15) is 18.3 Å². The zero-order valence-electron chi connectivity index (χ0n) is 24.3. The smallest absolute Gasteiger partial charge is 0.345 e. The van der Waals surface area contributed by atoms with E-state index < -0.39 is 0 Å². The molecular formula is C31H33N7O5. The number of likely N-dealkylation sites (N-methyl/N-ethyl adjacent to an activating group) is 1. The molecule has 7 rings (SSSR count). The predicted molar refractivity (Wildman–Crippen MR) is 159 cm³/mol. The van der Waals surface area contributed by atoms with Crippen LogP contribution in [0.2, 0.25) is 0 Å². The van der Waals surface area contributed by atoms with Crippen molar-refractivity contribution in [2.75, 3.05) is 31.0 Å². The SMILES string of the molecule is COCC(=O)Nc1ccc2c(=O)n(CCc3ccc4c(c3)N(C)C(=O)C43CC3)c(CCn3nc4n(c3=O)CCC4)nc2c1. The van der Waals surface area contributed by atoms with Gasteiger partial charge in [-0.25, -0.2) is 14.5 Å². The molecule has 1 saturated carbocycles. The average molecular weight is 584 g/mol. The summed E-state index contributed by atoms with van der Waals surface area (Å²) >= 11 is 0. The molecule has 0 atom stereocenters. The number of hydrogen-bond acceptors (Lipinski definition) is 7. The van der Waals surface area contributed by atoms with E-state index in [9.17, 15) is 19.2 Å². The minimum absolute atomic E-state index is 0.0880. The summed E-state index contributed by atoms with van der Waals surface area (Å²) in [6.07, 6.45) is 4.37. The monoisotopic (exact) mass is 583 g/mol. The Bertz CT molecular complexity index is 1920. The number of methoxy groups -OCH3 is 1. The van der Waals surface area contributed by atoms with Gasteiger partial charge in [0.25, 0.3) is 5.56 Å². The van der Waals surface area contributed by atoms with E-state index in [2.05, 4.69) is 22.5 Å². The van der Waals surface area contributed by atoms with Crippen molar-refractivity contribution in [1.82, 2.24) is 23.9 Å². The first-order valence-electron chi connectivity index (χ1n) is 14.7. The molecule has 2 aromatic carbocycles. The molecule has 1 spiro atoms. The zero-order chi connectivity index (χ0) is 29.9. The number of amides is 2. The van der Waals surface area contributed by atoms with E-state index in [-0.39, 0.29) is 41.6 Å². The van der Waals surface area contributed by atoms with Crippen molar-refractivity contribution >= 4 is 34.1 Å². The van der Waals surface area contributed by atoms with E-state index in [4.69, 9.17) is 9.72 Å². The summed E-state index contributed by atoms with van der Waals surface area (Å²) in [7, 11) is 3.27.